The van der Waals surface area contributed by atoms with Crippen LogP contribution in [0.2, 0.25) is 0 Å². The molecule has 0 aliphatic carbocycles. The molecule has 0 unspecified atom stereocenters. The molecular formula is C16H27BO5. The summed E-state index contributed by atoms with van der Waals surface area (Å²) in [6.45, 7) is 8.35. The topological polar surface area (TPSA) is 46.2 Å². The van der Waals surface area contributed by atoms with Crippen LogP contribution in [0.25, 0.3) is 0 Å². The van der Waals surface area contributed by atoms with Crippen LogP contribution in [0, 0.1) is 0 Å². The van der Waals surface area contributed by atoms with Crippen LogP contribution in [0.3, 0.4) is 0 Å². The predicted molar refractivity (Wildman–Crippen MR) is 88.1 cm³/mol. The van der Waals surface area contributed by atoms with Gasteiger partial charge in [-0.05, 0) is 45.4 Å². The zero-order valence-corrected chi connectivity index (χ0v) is 14.6. The van der Waals surface area contributed by atoms with Gasteiger partial charge in [0.2, 0.25) is 0 Å². The van der Waals surface area contributed by atoms with Crippen molar-refractivity contribution in [3.8, 4) is 11.5 Å². The zero-order chi connectivity index (χ0) is 16.7. The van der Waals surface area contributed by atoms with Crippen molar-refractivity contribution < 1.29 is 23.5 Å². The van der Waals surface area contributed by atoms with E-state index in [1.54, 1.807) is 21.3 Å². The molecule has 0 atom stereocenters. The van der Waals surface area contributed by atoms with Crippen molar-refractivity contribution in [3.63, 3.8) is 0 Å². The summed E-state index contributed by atoms with van der Waals surface area (Å²) < 4.78 is 28.1. The maximum absolute atomic E-state index is 5.92. The Labute approximate surface area is 134 Å². The molecule has 22 heavy (non-hydrogen) atoms. The standard InChI is InChI=1S/C16H27BO5/c1-11(2)21-17(22-12(3)4)16-14(19-6)8-13(10-18-5)9-15(16)20-7/h8-9,11-12H,10H2,1-7H3. The summed E-state index contributed by atoms with van der Waals surface area (Å²) in [4.78, 5) is 0. The van der Waals surface area contributed by atoms with Gasteiger partial charge < -0.3 is 23.5 Å². The largest absolute Gasteiger partial charge is 0.501 e. The van der Waals surface area contributed by atoms with E-state index in [0.29, 0.717) is 18.1 Å². The van der Waals surface area contributed by atoms with Crippen LogP contribution in [-0.4, -0.2) is 40.7 Å². The highest BCUT2D eigenvalue weighted by Gasteiger charge is 2.32. The molecule has 0 fully saturated rings. The molecule has 124 valence electrons. The minimum atomic E-state index is -0.554. The van der Waals surface area contributed by atoms with Crippen molar-refractivity contribution in [2.45, 2.75) is 46.5 Å². The second kappa shape index (κ2) is 9.03. The average Bonchev–Trinajstić information content (AvgIpc) is 2.44. The highest BCUT2D eigenvalue weighted by Crippen LogP contribution is 2.23. The Morgan fingerprint density at radius 3 is 1.64 bits per heavy atom. The van der Waals surface area contributed by atoms with Gasteiger partial charge >= 0.3 is 7.12 Å². The number of hydrogen-bond acceptors (Lipinski definition) is 5. The van der Waals surface area contributed by atoms with E-state index in [0.717, 1.165) is 11.0 Å². The van der Waals surface area contributed by atoms with Crippen LogP contribution in [0.15, 0.2) is 12.1 Å². The quantitative estimate of drug-likeness (QED) is 0.655. The Bertz CT molecular complexity index is 427. The van der Waals surface area contributed by atoms with Crippen molar-refractivity contribution in [1.82, 2.24) is 0 Å². The van der Waals surface area contributed by atoms with Gasteiger partial charge in [0.1, 0.15) is 11.5 Å². The Balaban J connectivity index is 3.31. The fourth-order valence-electron chi connectivity index (χ4n) is 2.14. The average molecular weight is 310 g/mol. The van der Waals surface area contributed by atoms with E-state index in [-0.39, 0.29) is 12.2 Å². The van der Waals surface area contributed by atoms with E-state index in [4.69, 9.17) is 23.5 Å². The molecule has 0 saturated heterocycles. The summed E-state index contributed by atoms with van der Waals surface area (Å²) in [5.74, 6) is 1.33. The summed E-state index contributed by atoms with van der Waals surface area (Å²) in [5, 5.41) is 0. The summed E-state index contributed by atoms with van der Waals surface area (Å²) in [7, 11) is 4.34. The first-order valence-corrected chi connectivity index (χ1v) is 7.47. The highest BCUT2D eigenvalue weighted by atomic mass is 16.6. The number of ether oxygens (including phenoxy) is 3. The van der Waals surface area contributed by atoms with Crippen LogP contribution in [-0.2, 0) is 20.7 Å². The molecule has 5 nitrogen and oxygen atoms in total. The molecular weight excluding hydrogens is 283 g/mol. The number of rotatable bonds is 9. The molecule has 6 heteroatoms. The van der Waals surface area contributed by atoms with E-state index in [1.807, 2.05) is 39.8 Å². The third kappa shape index (κ3) is 5.19. The van der Waals surface area contributed by atoms with Crippen LogP contribution >= 0.6 is 0 Å². The molecule has 0 N–H and O–H groups in total. The molecule has 1 rings (SSSR count). The second-order valence-corrected chi connectivity index (χ2v) is 5.55. The normalized spacial score (nSPS) is 11.1. The van der Waals surface area contributed by atoms with Gasteiger partial charge in [-0.2, -0.15) is 0 Å². The zero-order valence-electron chi connectivity index (χ0n) is 14.6. The summed E-state index contributed by atoms with van der Waals surface area (Å²) in [6, 6.07) is 3.84. The lowest BCUT2D eigenvalue weighted by Crippen LogP contribution is -2.42. The van der Waals surface area contributed by atoms with E-state index in [2.05, 4.69) is 0 Å². The van der Waals surface area contributed by atoms with E-state index in [1.165, 1.54) is 0 Å². The van der Waals surface area contributed by atoms with Gasteiger partial charge in [-0.15, -0.1) is 0 Å². The molecule has 0 aliphatic heterocycles. The monoisotopic (exact) mass is 310 g/mol. The first-order chi connectivity index (χ1) is 10.4. The smallest absolute Gasteiger partial charge is 0.497 e. The minimum absolute atomic E-state index is 0.0109. The fourth-order valence-corrected chi connectivity index (χ4v) is 2.14. The lowest BCUT2D eigenvalue weighted by atomic mass is 9.76. The molecule has 0 radical (unpaired) electrons. The molecule has 0 amide bonds. The Morgan fingerprint density at radius 2 is 1.32 bits per heavy atom. The van der Waals surface area contributed by atoms with E-state index in [9.17, 15) is 0 Å². The fraction of sp³-hybridized carbons (Fsp3) is 0.625. The minimum Gasteiger partial charge on any atom is -0.497 e. The summed E-state index contributed by atoms with van der Waals surface area (Å²) in [5.41, 5.74) is 1.72. The van der Waals surface area contributed by atoms with Gasteiger partial charge in [0, 0.05) is 19.3 Å². The lowest BCUT2D eigenvalue weighted by Gasteiger charge is -2.23. The van der Waals surface area contributed by atoms with Gasteiger partial charge in [0.25, 0.3) is 0 Å². The maximum Gasteiger partial charge on any atom is 0.501 e. The van der Waals surface area contributed by atoms with Gasteiger partial charge in [-0.1, -0.05) is 0 Å². The first-order valence-electron chi connectivity index (χ1n) is 7.47. The molecule has 0 spiro atoms. The van der Waals surface area contributed by atoms with Crippen molar-refractivity contribution >= 4 is 12.6 Å². The molecule has 0 bridgehead atoms. The third-order valence-corrected chi connectivity index (χ3v) is 2.94. The molecule has 1 aromatic carbocycles. The maximum atomic E-state index is 5.92. The SMILES string of the molecule is COCc1cc(OC)c(B(OC(C)C)OC(C)C)c(OC)c1. The Hall–Kier alpha value is -1.24. The van der Waals surface area contributed by atoms with Crippen LogP contribution in [0.5, 0.6) is 11.5 Å². The second-order valence-electron chi connectivity index (χ2n) is 5.55. The van der Waals surface area contributed by atoms with Crippen molar-refractivity contribution in [2.24, 2.45) is 0 Å². The lowest BCUT2D eigenvalue weighted by molar-refractivity contribution is 0.138. The number of methoxy groups -OCH3 is 3. The molecule has 1 aromatic rings. The molecule has 0 aliphatic rings. The third-order valence-electron chi connectivity index (χ3n) is 2.94. The summed E-state index contributed by atoms with van der Waals surface area (Å²) >= 11 is 0. The predicted octanol–water partition coefficient (Wildman–Crippen LogP) is 2.40. The van der Waals surface area contributed by atoms with E-state index < -0.39 is 7.12 Å². The first kappa shape index (κ1) is 18.8. The highest BCUT2D eigenvalue weighted by molar-refractivity contribution is 6.63. The molecule has 0 aromatic heterocycles. The van der Waals surface area contributed by atoms with Crippen molar-refractivity contribution in [2.75, 3.05) is 21.3 Å². The molecule has 0 heterocycles. The van der Waals surface area contributed by atoms with Crippen LogP contribution < -0.4 is 14.9 Å². The van der Waals surface area contributed by atoms with Crippen molar-refractivity contribution in [1.29, 1.82) is 0 Å². The van der Waals surface area contributed by atoms with Crippen LogP contribution in [0.1, 0.15) is 33.3 Å². The molecule has 0 saturated carbocycles. The van der Waals surface area contributed by atoms with Crippen molar-refractivity contribution in [3.05, 3.63) is 17.7 Å². The van der Waals surface area contributed by atoms with E-state index >= 15 is 0 Å². The van der Waals surface area contributed by atoms with Gasteiger partial charge in [0.15, 0.2) is 0 Å². The number of benzene rings is 1. The van der Waals surface area contributed by atoms with Crippen LogP contribution in [0.4, 0.5) is 0 Å². The van der Waals surface area contributed by atoms with Gasteiger partial charge in [0.05, 0.1) is 26.3 Å². The summed E-state index contributed by atoms with van der Waals surface area (Å²) in [6.07, 6.45) is 0.0219. The number of hydrogen-bond donors (Lipinski definition) is 0. The Kier molecular flexibility index (Phi) is 7.72. The van der Waals surface area contributed by atoms with Gasteiger partial charge in [-0.25, -0.2) is 0 Å². The van der Waals surface area contributed by atoms with Gasteiger partial charge in [-0.3, -0.25) is 0 Å². The Morgan fingerprint density at radius 1 is 0.864 bits per heavy atom.